The number of aromatic nitrogens is 4. The maximum absolute atomic E-state index is 12.0. The molecule has 0 fully saturated rings. The SMILES string of the molecule is Cn1c(=O)c2c(ncn2CC(O)C(=O)O)n(C)c1=O. The van der Waals surface area contributed by atoms with Crippen LogP contribution in [-0.2, 0) is 25.4 Å². The van der Waals surface area contributed by atoms with E-state index in [0.29, 0.717) is 0 Å². The van der Waals surface area contributed by atoms with E-state index >= 15 is 0 Å². The van der Waals surface area contributed by atoms with Gasteiger partial charge >= 0.3 is 11.7 Å². The van der Waals surface area contributed by atoms with Crippen molar-refractivity contribution in [3.05, 3.63) is 27.2 Å². The third-order valence-corrected chi connectivity index (χ3v) is 2.87. The summed E-state index contributed by atoms with van der Waals surface area (Å²) >= 11 is 0. The van der Waals surface area contributed by atoms with Gasteiger partial charge in [-0.25, -0.2) is 14.6 Å². The number of imidazole rings is 1. The number of carboxylic acids is 1. The van der Waals surface area contributed by atoms with Crippen molar-refractivity contribution in [2.24, 2.45) is 14.1 Å². The summed E-state index contributed by atoms with van der Waals surface area (Å²) in [6.07, 6.45) is -0.433. The third-order valence-electron chi connectivity index (χ3n) is 2.87. The predicted molar refractivity (Wildman–Crippen MR) is 63.9 cm³/mol. The average Bonchev–Trinajstić information content (AvgIpc) is 2.77. The molecule has 9 nitrogen and oxygen atoms in total. The molecule has 2 N–H and O–H groups in total. The molecule has 0 saturated carbocycles. The van der Waals surface area contributed by atoms with Crippen LogP contribution in [0.15, 0.2) is 15.9 Å². The molecule has 0 bridgehead atoms. The standard InChI is InChI=1S/C10H12N4O5/c1-12-7-6(8(16)13(2)10(12)19)14(4-11-7)3-5(15)9(17)18/h4-5,15H,3H2,1-2H3,(H,17,18). The van der Waals surface area contributed by atoms with Gasteiger partial charge in [-0.3, -0.25) is 13.9 Å². The van der Waals surface area contributed by atoms with E-state index in [4.69, 9.17) is 5.11 Å². The molecule has 0 amide bonds. The van der Waals surface area contributed by atoms with E-state index in [1.165, 1.54) is 29.6 Å². The van der Waals surface area contributed by atoms with Crippen LogP contribution in [0.5, 0.6) is 0 Å². The highest BCUT2D eigenvalue weighted by Gasteiger charge is 2.19. The number of aryl methyl sites for hydroxylation is 1. The van der Waals surface area contributed by atoms with E-state index in [9.17, 15) is 19.5 Å². The highest BCUT2D eigenvalue weighted by Crippen LogP contribution is 2.06. The summed E-state index contributed by atoms with van der Waals surface area (Å²) in [5, 5.41) is 18.0. The van der Waals surface area contributed by atoms with Crippen molar-refractivity contribution in [1.29, 1.82) is 0 Å². The Morgan fingerprint density at radius 1 is 1.37 bits per heavy atom. The maximum Gasteiger partial charge on any atom is 0.334 e. The minimum atomic E-state index is -1.65. The topological polar surface area (TPSA) is 119 Å². The molecule has 0 aliphatic carbocycles. The molecule has 0 saturated heterocycles. The molecular formula is C10H12N4O5. The van der Waals surface area contributed by atoms with Crippen molar-refractivity contribution in [2.45, 2.75) is 12.6 Å². The van der Waals surface area contributed by atoms with Crippen LogP contribution in [0.2, 0.25) is 0 Å². The quantitative estimate of drug-likeness (QED) is 0.656. The number of aliphatic hydroxyl groups is 1. The first-order valence-corrected chi connectivity index (χ1v) is 5.36. The lowest BCUT2D eigenvalue weighted by Crippen LogP contribution is -2.38. The summed E-state index contributed by atoms with van der Waals surface area (Å²) in [5.41, 5.74) is -0.898. The van der Waals surface area contributed by atoms with Crippen LogP contribution in [0.3, 0.4) is 0 Å². The van der Waals surface area contributed by atoms with Crippen LogP contribution in [0.25, 0.3) is 11.2 Å². The zero-order chi connectivity index (χ0) is 14.3. The van der Waals surface area contributed by atoms with Crippen LogP contribution in [0.4, 0.5) is 0 Å². The molecule has 9 heteroatoms. The van der Waals surface area contributed by atoms with Gasteiger partial charge in [-0.1, -0.05) is 0 Å². The highest BCUT2D eigenvalue weighted by molar-refractivity contribution is 5.73. The number of hydrogen-bond acceptors (Lipinski definition) is 5. The van der Waals surface area contributed by atoms with Gasteiger partial charge in [0.15, 0.2) is 17.3 Å². The molecule has 0 aliphatic rings. The fraction of sp³-hybridized carbons (Fsp3) is 0.400. The number of hydrogen-bond donors (Lipinski definition) is 2. The van der Waals surface area contributed by atoms with Gasteiger partial charge < -0.3 is 14.8 Å². The van der Waals surface area contributed by atoms with Crippen LogP contribution in [0, 0.1) is 0 Å². The molecule has 2 heterocycles. The second kappa shape index (κ2) is 4.35. The Morgan fingerprint density at radius 3 is 2.58 bits per heavy atom. The first-order valence-electron chi connectivity index (χ1n) is 5.36. The summed E-state index contributed by atoms with van der Waals surface area (Å²) in [5.74, 6) is -1.40. The van der Waals surface area contributed by atoms with Gasteiger partial charge in [0, 0.05) is 14.1 Å². The maximum atomic E-state index is 12.0. The van der Waals surface area contributed by atoms with Gasteiger partial charge in [0.1, 0.15) is 0 Å². The number of fused-ring (bicyclic) bond motifs is 1. The number of nitrogens with zero attached hydrogens (tertiary/aromatic N) is 4. The molecule has 0 aliphatic heterocycles. The second-order valence-electron chi connectivity index (χ2n) is 4.13. The first-order chi connectivity index (χ1) is 8.84. The lowest BCUT2D eigenvalue weighted by molar-refractivity contribution is -0.147. The molecule has 102 valence electrons. The Morgan fingerprint density at radius 2 is 2.00 bits per heavy atom. The fourth-order valence-corrected chi connectivity index (χ4v) is 1.80. The van der Waals surface area contributed by atoms with E-state index in [-0.39, 0.29) is 17.7 Å². The Kier molecular flexibility index (Phi) is 2.98. The molecular weight excluding hydrogens is 256 g/mol. The molecule has 0 aromatic carbocycles. The van der Waals surface area contributed by atoms with Gasteiger partial charge in [-0.15, -0.1) is 0 Å². The lowest BCUT2D eigenvalue weighted by atomic mass is 10.3. The summed E-state index contributed by atoms with van der Waals surface area (Å²) < 4.78 is 3.30. The van der Waals surface area contributed by atoms with Crippen LogP contribution >= 0.6 is 0 Å². The number of rotatable bonds is 3. The number of aliphatic hydroxyl groups excluding tert-OH is 1. The van der Waals surface area contributed by atoms with Crippen LogP contribution in [-0.4, -0.2) is 41.0 Å². The minimum absolute atomic E-state index is 0.0740. The summed E-state index contributed by atoms with van der Waals surface area (Å²) in [6.45, 7) is -0.320. The van der Waals surface area contributed by atoms with Crippen molar-refractivity contribution in [1.82, 2.24) is 18.7 Å². The molecule has 0 spiro atoms. The second-order valence-corrected chi connectivity index (χ2v) is 4.13. The number of carboxylic acid groups (broad SMARTS) is 1. The Labute approximate surface area is 106 Å². The summed E-state index contributed by atoms with van der Waals surface area (Å²) in [7, 11) is 2.77. The van der Waals surface area contributed by atoms with Gasteiger partial charge in [0.2, 0.25) is 0 Å². The average molecular weight is 268 g/mol. The molecule has 2 aromatic heterocycles. The smallest absolute Gasteiger partial charge is 0.334 e. The van der Waals surface area contributed by atoms with E-state index in [1.54, 1.807) is 0 Å². The lowest BCUT2D eigenvalue weighted by Gasteiger charge is -2.08. The van der Waals surface area contributed by atoms with Crippen LogP contribution in [0.1, 0.15) is 0 Å². The molecule has 19 heavy (non-hydrogen) atoms. The van der Waals surface area contributed by atoms with E-state index in [1.807, 2.05) is 0 Å². The van der Waals surface area contributed by atoms with Crippen molar-refractivity contribution < 1.29 is 15.0 Å². The number of carbonyl (C=O) groups is 1. The normalized spacial score (nSPS) is 12.8. The Bertz CT molecular complexity index is 769. The van der Waals surface area contributed by atoms with Crippen molar-refractivity contribution in [3.63, 3.8) is 0 Å². The van der Waals surface area contributed by atoms with Crippen molar-refractivity contribution >= 4 is 17.1 Å². The molecule has 1 atom stereocenters. The van der Waals surface area contributed by atoms with E-state index < -0.39 is 23.3 Å². The summed E-state index contributed by atoms with van der Waals surface area (Å²) in [4.78, 5) is 38.2. The Balaban J connectivity index is 2.70. The zero-order valence-electron chi connectivity index (χ0n) is 10.3. The van der Waals surface area contributed by atoms with E-state index in [2.05, 4.69) is 4.98 Å². The van der Waals surface area contributed by atoms with Crippen molar-refractivity contribution in [2.75, 3.05) is 0 Å². The minimum Gasteiger partial charge on any atom is -0.479 e. The molecule has 2 aromatic rings. The largest absolute Gasteiger partial charge is 0.479 e. The number of aliphatic carboxylic acids is 1. The molecule has 1 unspecified atom stereocenters. The first kappa shape index (κ1) is 13.0. The van der Waals surface area contributed by atoms with Gasteiger partial charge in [-0.05, 0) is 0 Å². The van der Waals surface area contributed by atoms with Crippen molar-refractivity contribution in [3.8, 4) is 0 Å². The zero-order valence-corrected chi connectivity index (χ0v) is 10.3. The Hall–Kier alpha value is -2.42. The van der Waals surface area contributed by atoms with Gasteiger partial charge in [-0.2, -0.15) is 0 Å². The summed E-state index contributed by atoms with van der Waals surface area (Å²) in [6, 6.07) is 0. The van der Waals surface area contributed by atoms with Gasteiger partial charge in [0.25, 0.3) is 5.56 Å². The predicted octanol–water partition coefficient (Wildman–Crippen LogP) is -2.12. The van der Waals surface area contributed by atoms with Crippen LogP contribution < -0.4 is 11.2 Å². The van der Waals surface area contributed by atoms with E-state index in [0.717, 1.165) is 4.57 Å². The van der Waals surface area contributed by atoms with Gasteiger partial charge in [0.05, 0.1) is 12.9 Å². The third kappa shape index (κ3) is 1.93. The molecule has 2 rings (SSSR count). The monoisotopic (exact) mass is 268 g/mol. The molecule has 0 radical (unpaired) electrons. The highest BCUT2D eigenvalue weighted by atomic mass is 16.4. The fourth-order valence-electron chi connectivity index (χ4n) is 1.80.